The van der Waals surface area contributed by atoms with Gasteiger partial charge in [-0.15, -0.1) is 0 Å². The lowest BCUT2D eigenvalue weighted by atomic mass is 9.76. The summed E-state index contributed by atoms with van der Waals surface area (Å²) in [5, 5.41) is 0. The zero-order chi connectivity index (χ0) is 9.86. The fraction of sp³-hybridized carbons (Fsp3) is 1.00. The first kappa shape index (κ1) is 10.5. The van der Waals surface area contributed by atoms with Crippen LogP contribution < -0.4 is 0 Å². The predicted octanol–water partition coefficient (Wildman–Crippen LogP) is 3.44. The molecule has 1 heterocycles. The molecule has 14 heavy (non-hydrogen) atoms. The highest BCUT2D eigenvalue weighted by molar-refractivity contribution is 4.86. The van der Waals surface area contributed by atoms with Crippen molar-refractivity contribution in [2.75, 3.05) is 20.1 Å². The Morgan fingerprint density at radius 3 is 2.00 bits per heavy atom. The van der Waals surface area contributed by atoms with Gasteiger partial charge in [-0.1, -0.05) is 32.1 Å². The van der Waals surface area contributed by atoms with E-state index in [0.29, 0.717) is 0 Å². The van der Waals surface area contributed by atoms with E-state index in [1.807, 2.05) is 0 Å². The van der Waals surface area contributed by atoms with E-state index in [2.05, 4.69) is 11.9 Å². The maximum Gasteiger partial charge on any atom is 0.00349 e. The average Bonchev–Trinajstić information content (AvgIpc) is 2.48. The second kappa shape index (κ2) is 4.65. The third kappa shape index (κ3) is 2.50. The maximum absolute atomic E-state index is 2.58. The van der Waals surface area contributed by atoms with Crippen molar-refractivity contribution >= 4 is 0 Å². The van der Waals surface area contributed by atoms with Crippen LogP contribution in [0.4, 0.5) is 0 Å². The summed E-state index contributed by atoms with van der Waals surface area (Å²) in [5.41, 5.74) is 0.724. The summed E-state index contributed by atoms with van der Waals surface area (Å²) in [7, 11) is 2.32. The van der Waals surface area contributed by atoms with Crippen LogP contribution in [-0.2, 0) is 0 Å². The maximum atomic E-state index is 2.58. The lowest BCUT2D eigenvalue weighted by Gasteiger charge is -2.34. The SMILES string of the molecule is CN1CCCCC2(CCCCCC2)C1. The molecule has 0 atom stereocenters. The van der Waals surface area contributed by atoms with Gasteiger partial charge in [0.05, 0.1) is 0 Å². The minimum atomic E-state index is 0.724. The molecule has 0 amide bonds. The molecule has 0 aromatic heterocycles. The van der Waals surface area contributed by atoms with E-state index in [9.17, 15) is 0 Å². The molecule has 1 saturated heterocycles. The summed E-state index contributed by atoms with van der Waals surface area (Å²) in [6.45, 7) is 2.72. The second-order valence-corrected chi connectivity index (χ2v) is 5.61. The van der Waals surface area contributed by atoms with Gasteiger partial charge in [0.1, 0.15) is 0 Å². The van der Waals surface area contributed by atoms with E-state index in [0.717, 1.165) is 5.41 Å². The van der Waals surface area contributed by atoms with Gasteiger partial charge in [0, 0.05) is 6.54 Å². The smallest absolute Gasteiger partial charge is 0.00349 e. The Balaban J connectivity index is 2.02. The van der Waals surface area contributed by atoms with Crippen LogP contribution in [0.15, 0.2) is 0 Å². The Morgan fingerprint density at radius 2 is 1.36 bits per heavy atom. The van der Waals surface area contributed by atoms with Gasteiger partial charge in [-0.05, 0) is 44.7 Å². The monoisotopic (exact) mass is 195 g/mol. The lowest BCUT2D eigenvalue weighted by molar-refractivity contribution is 0.161. The topological polar surface area (TPSA) is 3.24 Å². The van der Waals surface area contributed by atoms with Crippen LogP contribution in [0.25, 0.3) is 0 Å². The number of nitrogens with zero attached hydrogens (tertiary/aromatic N) is 1. The molecule has 0 aromatic carbocycles. The molecule has 1 heteroatoms. The molecule has 0 aromatic rings. The van der Waals surface area contributed by atoms with E-state index in [-0.39, 0.29) is 0 Å². The molecule has 2 aliphatic rings. The van der Waals surface area contributed by atoms with E-state index in [1.165, 1.54) is 70.9 Å². The van der Waals surface area contributed by atoms with Gasteiger partial charge in [-0.25, -0.2) is 0 Å². The quantitative estimate of drug-likeness (QED) is 0.572. The molecule has 1 spiro atoms. The first-order valence-electron chi connectivity index (χ1n) is 6.49. The zero-order valence-corrected chi connectivity index (χ0v) is 9.73. The van der Waals surface area contributed by atoms with Gasteiger partial charge in [-0.2, -0.15) is 0 Å². The standard InChI is InChI=1S/C13H25N/c1-14-11-7-6-10-13(12-14)8-4-2-3-5-9-13/h2-12H2,1H3. The first-order chi connectivity index (χ1) is 6.81. The molecule has 2 fully saturated rings. The van der Waals surface area contributed by atoms with Crippen molar-refractivity contribution < 1.29 is 0 Å². The molecule has 0 bridgehead atoms. The van der Waals surface area contributed by atoms with Crippen molar-refractivity contribution in [3.8, 4) is 0 Å². The Bertz CT molecular complexity index is 163. The van der Waals surface area contributed by atoms with Crippen molar-refractivity contribution in [2.45, 2.75) is 57.8 Å². The number of rotatable bonds is 0. The Labute approximate surface area is 88.9 Å². The summed E-state index contributed by atoms with van der Waals surface area (Å²) in [6.07, 6.45) is 13.4. The molecule has 1 aliphatic carbocycles. The van der Waals surface area contributed by atoms with E-state index >= 15 is 0 Å². The third-order valence-corrected chi connectivity index (χ3v) is 4.27. The van der Waals surface area contributed by atoms with Crippen molar-refractivity contribution in [1.82, 2.24) is 4.90 Å². The lowest BCUT2D eigenvalue weighted by Crippen LogP contribution is -2.33. The van der Waals surface area contributed by atoms with Crippen LogP contribution in [0.3, 0.4) is 0 Å². The molecule has 1 saturated carbocycles. The molecule has 0 radical (unpaired) electrons. The van der Waals surface area contributed by atoms with Gasteiger partial charge in [0.15, 0.2) is 0 Å². The van der Waals surface area contributed by atoms with E-state index in [4.69, 9.17) is 0 Å². The highest BCUT2D eigenvalue weighted by atomic mass is 15.1. The van der Waals surface area contributed by atoms with Crippen molar-refractivity contribution in [2.24, 2.45) is 5.41 Å². The number of hydrogen-bond donors (Lipinski definition) is 0. The van der Waals surface area contributed by atoms with Gasteiger partial charge in [0.25, 0.3) is 0 Å². The molecular formula is C13H25N. The van der Waals surface area contributed by atoms with Crippen LogP contribution in [0.1, 0.15) is 57.8 Å². The minimum absolute atomic E-state index is 0.724. The highest BCUT2D eigenvalue weighted by Crippen LogP contribution is 2.41. The van der Waals surface area contributed by atoms with Crippen LogP contribution in [0.5, 0.6) is 0 Å². The largest absolute Gasteiger partial charge is 0.306 e. The van der Waals surface area contributed by atoms with Crippen LogP contribution >= 0.6 is 0 Å². The average molecular weight is 195 g/mol. The predicted molar refractivity (Wildman–Crippen MR) is 61.5 cm³/mol. The van der Waals surface area contributed by atoms with Crippen LogP contribution in [0, 0.1) is 5.41 Å². The van der Waals surface area contributed by atoms with Gasteiger partial charge >= 0.3 is 0 Å². The summed E-state index contributed by atoms with van der Waals surface area (Å²) in [6, 6.07) is 0. The summed E-state index contributed by atoms with van der Waals surface area (Å²) in [5.74, 6) is 0. The Morgan fingerprint density at radius 1 is 0.786 bits per heavy atom. The van der Waals surface area contributed by atoms with E-state index in [1.54, 1.807) is 0 Å². The normalized spacial score (nSPS) is 29.8. The molecule has 0 unspecified atom stereocenters. The molecule has 0 N–H and O–H groups in total. The fourth-order valence-electron chi connectivity index (χ4n) is 3.50. The number of likely N-dealkylation sites (tertiary alicyclic amines) is 1. The summed E-state index contributed by atoms with van der Waals surface area (Å²) < 4.78 is 0. The van der Waals surface area contributed by atoms with Gasteiger partial charge in [0.2, 0.25) is 0 Å². The highest BCUT2D eigenvalue weighted by Gasteiger charge is 2.32. The third-order valence-electron chi connectivity index (χ3n) is 4.27. The number of hydrogen-bond acceptors (Lipinski definition) is 1. The van der Waals surface area contributed by atoms with E-state index < -0.39 is 0 Å². The molecule has 1 aliphatic heterocycles. The first-order valence-corrected chi connectivity index (χ1v) is 6.49. The van der Waals surface area contributed by atoms with Gasteiger partial charge < -0.3 is 4.90 Å². The van der Waals surface area contributed by atoms with Gasteiger partial charge in [-0.3, -0.25) is 0 Å². The molecule has 2 rings (SSSR count). The van der Waals surface area contributed by atoms with Crippen molar-refractivity contribution in [3.05, 3.63) is 0 Å². The molecule has 1 nitrogen and oxygen atoms in total. The van der Waals surface area contributed by atoms with Crippen molar-refractivity contribution in [3.63, 3.8) is 0 Å². The second-order valence-electron chi connectivity index (χ2n) is 5.61. The molecular weight excluding hydrogens is 170 g/mol. The van der Waals surface area contributed by atoms with Crippen molar-refractivity contribution in [1.29, 1.82) is 0 Å². The Kier molecular flexibility index (Phi) is 3.48. The summed E-state index contributed by atoms with van der Waals surface area (Å²) >= 11 is 0. The fourth-order valence-corrected chi connectivity index (χ4v) is 3.50. The zero-order valence-electron chi connectivity index (χ0n) is 9.73. The van der Waals surface area contributed by atoms with Crippen LogP contribution in [0.2, 0.25) is 0 Å². The van der Waals surface area contributed by atoms with Crippen LogP contribution in [-0.4, -0.2) is 25.0 Å². The minimum Gasteiger partial charge on any atom is -0.306 e. The Hall–Kier alpha value is -0.0400. The molecule has 82 valence electrons. The summed E-state index contributed by atoms with van der Waals surface area (Å²) in [4.78, 5) is 2.58.